The summed E-state index contributed by atoms with van der Waals surface area (Å²) in [7, 11) is 0. The van der Waals surface area contributed by atoms with Gasteiger partial charge < -0.3 is 14.5 Å². The Hall–Kier alpha value is -1.58. The molecule has 7 nitrogen and oxygen atoms in total. The number of carbonyl (C=O) groups excluding carboxylic acids is 1. The summed E-state index contributed by atoms with van der Waals surface area (Å²) in [6.07, 6.45) is 1.55. The largest absolute Gasteiger partial charge is 0.444 e. The maximum Gasteiger partial charge on any atom is 0.410 e. The minimum absolute atomic E-state index is 0.164. The van der Waals surface area contributed by atoms with Crippen LogP contribution in [0.25, 0.3) is 5.65 Å². The van der Waals surface area contributed by atoms with Gasteiger partial charge in [-0.25, -0.2) is 14.3 Å². The summed E-state index contributed by atoms with van der Waals surface area (Å²) < 4.78 is 8.28. The number of amides is 1. The first-order valence-corrected chi connectivity index (χ1v) is 9.07. The predicted octanol–water partition coefficient (Wildman–Crippen LogP) is 2.78. The number of piperazine rings is 1. The fraction of sp³-hybridized carbons (Fsp3) is 0.562. The maximum atomic E-state index is 12.2. The van der Waals surface area contributed by atoms with Crippen molar-refractivity contribution in [3.63, 3.8) is 0 Å². The SMILES string of the molecule is C[C@@H]1CN(C(=O)OC(C)(C)C)CCN1c1ccc2ncc(I)n2n1. The molecule has 1 amide bonds. The summed E-state index contributed by atoms with van der Waals surface area (Å²) in [4.78, 5) is 20.5. The molecule has 0 N–H and O–H groups in total. The topological polar surface area (TPSA) is 63.0 Å². The van der Waals surface area contributed by atoms with Gasteiger partial charge >= 0.3 is 6.09 Å². The number of nitrogens with zero attached hydrogens (tertiary/aromatic N) is 5. The van der Waals surface area contributed by atoms with Crippen LogP contribution in [0.5, 0.6) is 0 Å². The van der Waals surface area contributed by atoms with Crippen LogP contribution in [0, 0.1) is 3.70 Å². The zero-order valence-corrected chi connectivity index (χ0v) is 16.5. The molecule has 2 aromatic rings. The third-order valence-corrected chi connectivity index (χ3v) is 4.62. The van der Waals surface area contributed by atoms with E-state index in [2.05, 4.69) is 44.5 Å². The van der Waals surface area contributed by atoms with Gasteiger partial charge in [0.05, 0.1) is 6.20 Å². The molecule has 0 unspecified atom stereocenters. The number of aromatic nitrogens is 3. The Labute approximate surface area is 155 Å². The molecular weight excluding hydrogens is 421 g/mol. The van der Waals surface area contributed by atoms with E-state index >= 15 is 0 Å². The summed E-state index contributed by atoms with van der Waals surface area (Å²) in [6, 6.07) is 4.12. The molecule has 8 heteroatoms. The zero-order valence-electron chi connectivity index (χ0n) is 14.4. The first kappa shape index (κ1) is 17.2. The molecule has 0 radical (unpaired) electrons. The quantitative estimate of drug-likeness (QED) is 0.635. The van der Waals surface area contributed by atoms with Gasteiger partial charge in [0.25, 0.3) is 0 Å². The Morgan fingerprint density at radius 2 is 2.08 bits per heavy atom. The van der Waals surface area contributed by atoms with E-state index < -0.39 is 5.60 Å². The van der Waals surface area contributed by atoms with Crippen molar-refractivity contribution in [2.75, 3.05) is 24.5 Å². The summed E-state index contributed by atoms with van der Waals surface area (Å²) >= 11 is 2.22. The number of ether oxygens (including phenoxy) is 1. The normalized spacial score (nSPS) is 19.0. The number of imidazole rings is 1. The van der Waals surface area contributed by atoms with Crippen molar-refractivity contribution in [2.24, 2.45) is 0 Å². The molecule has 1 saturated heterocycles. The number of carbonyl (C=O) groups is 1. The van der Waals surface area contributed by atoms with Crippen molar-refractivity contribution in [1.29, 1.82) is 0 Å². The van der Waals surface area contributed by atoms with E-state index in [0.717, 1.165) is 21.7 Å². The van der Waals surface area contributed by atoms with Gasteiger partial charge in [0, 0.05) is 25.7 Å². The predicted molar refractivity (Wildman–Crippen MR) is 100 cm³/mol. The van der Waals surface area contributed by atoms with Crippen molar-refractivity contribution in [2.45, 2.75) is 39.3 Å². The first-order valence-electron chi connectivity index (χ1n) is 7.99. The molecule has 2 aromatic heterocycles. The highest BCUT2D eigenvalue weighted by Crippen LogP contribution is 2.21. The smallest absolute Gasteiger partial charge is 0.410 e. The molecule has 1 fully saturated rings. The molecule has 1 aliphatic rings. The van der Waals surface area contributed by atoms with Crippen LogP contribution in [0.4, 0.5) is 10.6 Å². The molecule has 0 bridgehead atoms. The standard InChI is InChI=1S/C16H22IN5O2/c1-11-10-20(15(23)24-16(2,3)4)7-8-21(11)14-6-5-13-18-9-12(17)22(13)19-14/h5-6,9,11H,7-8,10H2,1-4H3/t11-/m1/s1. The second-order valence-electron chi connectivity index (χ2n) is 7.01. The van der Waals surface area contributed by atoms with E-state index in [1.165, 1.54) is 0 Å². The van der Waals surface area contributed by atoms with E-state index in [4.69, 9.17) is 4.74 Å². The minimum Gasteiger partial charge on any atom is -0.444 e. The molecule has 0 aliphatic carbocycles. The first-order chi connectivity index (χ1) is 11.2. The summed E-state index contributed by atoms with van der Waals surface area (Å²) in [5.41, 5.74) is 0.366. The van der Waals surface area contributed by atoms with Gasteiger partial charge in [0.2, 0.25) is 0 Å². The fourth-order valence-electron chi connectivity index (χ4n) is 2.78. The van der Waals surface area contributed by atoms with E-state index in [0.29, 0.717) is 13.1 Å². The van der Waals surface area contributed by atoms with Crippen molar-refractivity contribution in [3.8, 4) is 0 Å². The highest BCUT2D eigenvalue weighted by molar-refractivity contribution is 14.1. The lowest BCUT2D eigenvalue weighted by Gasteiger charge is -2.40. The lowest BCUT2D eigenvalue weighted by Crippen LogP contribution is -2.54. The Morgan fingerprint density at radius 3 is 2.75 bits per heavy atom. The number of halogens is 1. The molecule has 0 aromatic carbocycles. The monoisotopic (exact) mass is 443 g/mol. The van der Waals surface area contributed by atoms with Gasteiger partial charge in [-0.3, -0.25) is 0 Å². The van der Waals surface area contributed by atoms with Crippen molar-refractivity contribution in [1.82, 2.24) is 19.5 Å². The lowest BCUT2D eigenvalue weighted by atomic mass is 10.2. The number of anilines is 1. The summed E-state index contributed by atoms with van der Waals surface area (Å²) in [5, 5.41) is 4.68. The highest BCUT2D eigenvalue weighted by atomic mass is 127. The van der Waals surface area contributed by atoms with Crippen molar-refractivity contribution >= 4 is 40.1 Å². The van der Waals surface area contributed by atoms with Crippen molar-refractivity contribution in [3.05, 3.63) is 22.0 Å². The molecule has 0 saturated carbocycles. The second kappa shape index (κ2) is 6.38. The molecule has 1 aliphatic heterocycles. The van der Waals surface area contributed by atoms with Crippen LogP contribution in [0.3, 0.4) is 0 Å². The van der Waals surface area contributed by atoms with Gasteiger partial charge in [-0.15, -0.1) is 5.10 Å². The van der Waals surface area contributed by atoms with Crippen molar-refractivity contribution < 1.29 is 9.53 Å². The Balaban J connectivity index is 1.73. The molecule has 130 valence electrons. The summed E-state index contributed by atoms with van der Waals surface area (Å²) in [6.45, 7) is 9.73. The van der Waals surface area contributed by atoms with Gasteiger partial charge in [-0.1, -0.05) is 0 Å². The lowest BCUT2D eigenvalue weighted by molar-refractivity contribution is 0.0218. The van der Waals surface area contributed by atoms with Crippen LogP contribution in [0.1, 0.15) is 27.7 Å². The second-order valence-corrected chi connectivity index (χ2v) is 8.12. The molecule has 3 rings (SSSR count). The van der Waals surface area contributed by atoms with Gasteiger partial charge in [0.15, 0.2) is 5.65 Å². The van der Waals surface area contributed by atoms with Gasteiger partial charge in [0.1, 0.15) is 15.1 Å². The molecule has 24 heavy (non-hydrogen) atoms. The average Bonchev–Trinajstić information content (AvgIpc) is 2.86. The van der Waals surface area contributed by atoms with Gasteiger partial charge in [-0.05, 0) is 62.4 Å². The molecular formula is C16H22IN5O2. The van der Waals surface area contributed by atoms with Crippen LogP contribution in [0.2, 0.25) is 0 Å². The number of hydrogen-bond acceptors (Lipinski definition) is 5. The Kier molecular flexibility index (Phi) is 4.58. The fourth-order valence-corrected chi connectivity index (χ4v) is 3.27. The van der Waals surface area contributed by atoms with Crippen LogP contribution in [0.15, 0.2) is 18.3 Å². The minimum atomic E-state index is -0.470. The highest BCUT2D eigenvalue weighted by Gasteiger charge is 2.30. The maximum absolute atomic E-state index is 12.2. The third-order valence-electron chi connectivity index (χ3n) is 3.88. The number of rotatable bonds is 1. The van der Waals surface area contributed by atoms with Crippen LogP contribution >= 0.6 is 22.6 Å². The average molecular weight is 443 g/mol. The number of hydrogen-bond donors (Lipinski definition) is 0. The number of fused-ring (bicyclic) bond motifs is 1. The van der Waals surface area contributed by atoms with Gasteiger partial charge in [-0.2, -0.15) is 0 Å². The van der Waals surface area contributed by atoms with Crippen LogP contribution in [-0.2, 0) is 4.74 Å². The van der Waals surface area contributed by atoms with E-state index in [-0.39, 0.29) is 12.1 Å². The summed E-state index contributed by atoms with van der Waals surface area (Å²) in [5.74, 6) is 0.898. The zero-order chi connectivity index (χ0) is 17.5. The van der Waals surface area contributed by atoms with Crippen LogP contribution < -0.4 is 4.90 Å². The Bertz CT molecular complexity index is 754. The third kappa shape index (κ3) is 3.57. The molecule has 1 atom stereocenters. The Morgan fingerprint density at radius 1 is 1.33 bits per heavy atom. The molecule has 3 heterocycles. The van der Waals surface area contributed by atoms with E-state index in [1.54, 1.807) is 11.1 Å². The van der Waals surface area contributed by atoms with E-state index in [9.17, 15) is 4.79 Å². The van der Waals surface area contributed by atoms with E-state index in [1.807, 2.05) is 37.4 Å². The molecule has 0 spiro atoms. The van der Waals surface area contributed by atoms with Crippen LogP contribution in [-0.4, -0.2) is 56.9 Å².